The fraction of sp³-hybridized carbons (Fsp3) is 1.00. The fourth-order valence-corrected chi connectivity index (χ4v) is 2.22. The lowest BCUT2D eigenvalue weighted by Gasteiger charge is -2.08. The van der Waals surface area contributed by atoms with Crippen molar-refractivity contribution < 1.29 is 4.74 Å². The molecule has 2 aliphatic heterocycles. The number of rotatable bonds is 0. The van der Waals surface area contributed by atoms with Gasteiger partial charge in [-0.25, -0.2) is 0 Å². The third-order valence-electron chi connectivity index (χ3n) is 1.90. The van der Waals surface area contributed by atoms with Crippen LogP contribution in [0.1, 0.15) is 32.1 Å². The normalized spacial score (nSPS) is 24.0. The SMILES string of the molecule is C1CCOCC1.C1CCSC1. The summed E-state index contributed by atoms with van der Waals surface area (Å²) in [6, 6.07) is 0. The number of thioether (sulfide) groups is 1. The van der Waals surface area contributed by atoms with Crippen molar-refractivity contribution in [2.75, 3.05) is 24.7 Å². The Labute approximate surface area is 73.9 Å². The van der Waals surface area contributed by atoms with E-state index in [9.17, 15) is 0 Å². The highest BCUT2D eigenvalue weighted by molar-refractivity contribution is 7.99. The maximum absolute atomic E-state index is 5.07. The van der Waals surface area contributed by atoms with Crippen LogP contribution >= 0.6 is 11.8 Å². The topological polar surface area (TPSA) is 9.23 Å². The van der Waals surface area contributed by atoms with Crippen LogP contribution < -0.4 is 0 Å². The van der Waals surface area contributed by atoms with Gasteiger partial charge in [0.25, 0.3) is 0 Å². The molecule has 0 unspecified atom stereocenters. The fourth-order valence-electron chi connectivity index (χ4n) is 1.20. The quantitative estimate of drug-likeness (QED) is 0.558. The lowest BCUT2D eigenvalue weighted by molar-refractivity contribution is 0.0968. The van der Waals surface area contributed by atoms with Crippen LogP contribution in [0.5, 0.6) is 0 Å². The Morgan fingerprint density at radius 1 is 0.727 bits per heavy atom. The van der Waals surface area contributed by atoms with Crippen LogP contribution in [0.25, 0.3) is 0 Å². The average molecular weight is 174 g/mol. The van der Waals surface area contributed by atoms with Gasteiger partial charge in [-0.15, -0.1) is 0 Å². The lowest BCUT2D eigenvalue weighted by Crippen LogP contribution is -2.03. The molecule has 0 N–H and O–H groups in total. The van der Waals surface area contributed by atoms with Crippen molar-refractivity contribution in [1.29, 1.82) is 0 Å². The Morgan fingerprint density at radius 3 is 1.55 bits per heavy atom. The van der Waals surface area contributed by atoms with E-state index in [2.05, 4.69) is 11.8 Å². The van der Waals surface area contributed by atoms with E-state index in [4.69, 9.17) is 4.74 Å². The van der Waals surface area contributed by atoms with Gasteiger partial charge in [0.05, 0.1) is 0 Å². The van der Waals surface area contributed by atoms with Crippen LogP contribution in [0.2, 0.25) is 0 Å². The van der Waals surface area contributed by atoms with Gasteiger partial charge < -0.3 is 4.74 Å². The lowest BCUT2D eigenvalue weighted by atomic mass is 10.2. The zero-order chi connectivity index (χ0) is 7.78. The highest BCUT2D eigenvalue weighted by atomic mass is 32.2. The Kier molecular flexibility index (Phi) is 5.97. The molecule has 2 heteroatoms. The second-order valence-corrected chi connectivity index (χ2v) is 4.22. The minimum absolute atomic E-state index is 1.00. The molecular weight excluding hydrogens is 156 g/mol. The van der Waals surface area contributed by atoms with E-state index in [-0.39, 0.29) is 0 Å². The van der Waals surface area contributed by atoms with Crippen molar-refractivity contribution in [2.45, 2.75) is 32.1 Å². The first-order valence-corrected chi connectivity index (χ1v) is 5.81. The Hall–Kier alpha value is 0.310. The molecule has 2 fully saturated rings. The summed E-state index contributed by atoms with van der Waals surface area (Å²) in [5.74, 6) is 2.83. The van der Waals surface area contributed by atoms with E-state index < -0.39 is 0 Å². The van der Waals surface area contributed by atoms with Gasteiger partial charge in [-0.05, 0) is 43.6 Å². The molecule has 2 aliphatic rings. The molecule has 0 aromatic rings. The van der Waals surface area contributed by atoms with Crippen LogP contribution in [0.15, 0.2) is 0 Å². The molecule has 2 rings (SSSR count). The number of hydrogen-bond acceptors (Lipinski definition) is 2. The van der Waals surface area contributed by atoms with Crippen LogP contribution in [0.4, 0.5) is 0 Å². The van der Waals surface area contributed by atoms with Crippen LogP contribution in [0, 0.1) is 0 Å². The number of hydrogen-bond donors (Lipinski definition) is 0. The molecule has 0 aromatic carbocycles. The molecule has 0 atom stereocenters. The molecule has 1 nitrogen and oxygen atoms in total. The first-order valence-electron chi connectivity index (χ1n) is 4.65. The highest BCUT2D eigenvalue weighted by Gasteiger charge is 1.95. The Balaban J connectivity index is 0.000000112. The van der Waals surface area contributed by atoms with Gasteiger partial charge >= 0.3 is 0 Å². The minimum atomic E-state index is 1.00. The van der Waals surface area contributed by atoms with Crippen molar-refractivity contribution >= 4 is 11.8 Å². The van der Waals surface area contributed by atoms with E-state index >= 15 is 0 Å². The second-order valence-electron chi connectivity index (χ2n) is 2.99. The first-order chi connectivity index (χ1) is 5.50. The molecule has 0 amide bonds. The molecule has 2 saturated heterocycles. The van der Waals surface area contributed by atoms with Gasteiger partial charge in [0.1, 0.15) is 0 Å². The zero-order valence-corrected chi connectivity index (χ0v) is 8.00. The third kappa shape index (κ3) is 5.57. The Bertz CT molecular complexity index is 58.5. The predicted octanol–water partition coefficient (Wildman–Crippen LogP) is 2.70. The number of ether oxygens (including phenoxy) is 1. The maximum Gasteiger partial charge on any atom is 0.0466 e. The summed E-state index contributed by atoms with van der Waals surface area (Å²) in [6.07, 6.45) is 6.86. The summed E-state index contributed by atoms with van der Waals surface area (Å²) in [5, 5.41) is 0. The van der Waals surface area contributed by atoms with Crippen molar-refractivity contribution in [2.24, 2.45) is 0 Å². The highest BCUT2D eigenvalue weighted by Crippen LogP contribution is 2.14. The maximum atomic E-state index is 5.07. The van der Waals surface area contributed by atoms with Crippen molar-refractivity contribution in [3.63, 3.8) is 0 Å². The van der Waals surface area contributed by atoms with Crippen molar-refractivity contribution in [3.8, 4) is 0 Å². The molecule has 0 spiro atoms. The summed E-state index contributed by atoms with van der Waals surface area (Å²) >= 11 is 2.07. The standard InChI is InChI=1S/C5H10O.C4H8S/c1-2-4-6-5-3-1;1-2-4-5-3-1/h1-5H2;1-4H2. The average Bonchev–Trinajstić information content (AvgIpc) is 2.64. The molecule has 0 radical (unpaired) electrons. The smallest absolute Gasteiger partial charge is 0.0466 e. The molecular formula is C9H18OS. The van der Waals surface area contributed by atoms with Crippen LogP contribution in [-0.4, -0.2) is 24.7 Å². The van der Waals surface area contributed by atoms with Crippen molar-refractivity contribution in [1.82, 2.24) is 0 Å². The first kappa shape index (κ1) is 9.40. The van der Waals surface area contributed by atoms with Gasteiger partial charge in [0.2, 0.25) is 0 Å². The molecule has 11 heavy (non-hydrogen) atoms. The summed E-state index contributed by atoms with van der Waals surface area (Å²) in [6.45, 7) is 2.00. The second kappa shape index (κ2) is 6.99. The molecule has 0 aromatic heterocycles. The summed E-state index contributed by atoms with van der Waals surface area (Å²) in [7, 11) is 0. The van der Waals surface area contributed by atoms with Gasteiger partial charge in [-0.2, -0.15) is 11.8 Å². The van der Waals surface area contributed by atoms with E-state index in [1.54, 1.807) is 0 Å². The molecule has 0 bridgehead atoms. The van der Waals surface area contributed by atoms with Crippen molar-refractivity contribution in [3.05, 3.63) is 0 Å². The molecule has 0 aliphatic carbocycles. The van der Waals surface area contributed by atoms with E-state index in [1.165, 1.54) is 43.6 Å². The van der Waals surface area contributed by atoms with Gasteiger partial charge in [0, 0.05) is 13.2 Å². The summed E-state index contributed by atoms with van der Waals surface area (Å²) < 4.78 is 5.07. The molecule has 0 saturated carbocycles. The van der Waals surface area contributed by atoms with E-state index in [1.807, 2.05) is 0 Å². The summed E-state index contributed by atoms with van der Waals surface area (Å²) in [4.78, 5) is 0. The van der Waals surface area contributed by atoms with Crippen LogP contribution in [-0.2, 0) is 4.74 Å². The zero-order valence-electron chi connectivity index (χ0n) is 7.18. The van der Waals surface area contributed by atoms with Gasteiger partial charge in [0.15, 0.2) is 0 Å². The third-order valence-corrected chi connectivity index (χ3v) is 3.06. The van der Waals surface area contributed by atoms with E-state index in [0.717, 1.165) is 13.2 Å². The van der Waals surface area contributed by atoms with Crippen LogP contribution in [0.3, 0.4) is 0 Å². The molecule has 66 valence electrons. The van der Waals surface area contributed by atoms with E-state index in [0.29, 0.717) is 0 Å². The predicted molar refractivity (Wildman–Crippen MR) is 51.2 cm³/mol. The largest absolute Gasteiger partial charge is 0.381 e. The van der Waals surface area contributed by atoms with Gasteiger partial charge in [-0.1, -0.05) is 0 Å². The monoisotopic (exact) mass is 174 g/mol. The van der Waals surface area contributed by atoms with Gasteiger partial charge in [-0.3, -0.25) is 0 Å². The Morgan fingerprint density at radius 2 is 1.36 bits per heavy atom. The minimum Gasteiger partial charge on any atom is -0.381 e. The summed E-state index contributed by atoms with van der Waals surface area (Å²) in [5.41, 5.74) is 0. The molecule has 2 heterocycles.